The largest absolute Gasteiger partial charge is 0.371 e. The van der Waals surface area contributed by atoms with E-state index in [2.05, 4.69) is 18.7 Å². The lowest BCUT2D eigenvalue weighted by Gasteiger charge is -2.47. The molecule has 0 aromatic heterocycles. The lowest BCUT2D eigenvalue weighted by molar-refractivity contribution is -0.160. The molecule has 3 heterocycles. The smallest absolute Gasteiger partial charge is 0.248 e. The van der Waals surface area contributed by atoms with Crippen LogP contribution < -0.4 is 0 Å². The number of carbonyl (C=O) groups excluding carboxylic acids is 2. The quantitative estimate of drug-likeness (QED) is 0.324. The highest BCUT2D eigenvalue weighted by Gasteiger charge is 2.42. The van der Waals surface area contributed by atoms with Crippen LogP contribution in [0, 0.1) is 11.3 Å². The molecule has 3 aliphatic heterocycles. The number of morpholine rings is 1. The number of hydrogen-bond acceptors (Lipinski definition) is 6. The van der Waals surface area contributed by atoms with Crippen LogP contribution in [-0.4, -0.2) is 83.8 Å². The standard InChI is InChI=1S/C26H45N3O3S/c1-21(2)23-27-22(18-33-23)24(31)29-16-17-32-26(19-29)11-14-28(15-12-26)13-9-7-5-6-8-10-25(3,4)20-30/h20-22H,5-19H2,1-4H3. The zero-order valence-electron chi connectivity index (χ0n) is 21.3. The molecule has 0 N–H and O–H groups in total. The Hall–Kier alpha value is -0.920. The van der Waals surface area contributed by atoms with E-state index in [-0.39, 0.29) is 23.0 Å². The molecule has 0 aromatic rings. The molecule has 188 valence electrons. The summed E-state index contributed by atoms with van der Waals surface area (Å²) in [4.78, 5) is 33.4. The molecule has 1 atom stereocenters. The molecule has 1 unspecified atom stereocenters. The van der Waals surface area contributed by atoms with Crippen molar-refractivity contribution >= 4 is 29.0 Å². The molecule has 0 aliphatic carbocycles. The lowest BCUT2D eigenvalue weighted by atomic mass is 9.88. The van der Waals surface area contributed by atoms with Gasteiger partial charge < -0.3 is 19.3 Å². The second kappa shape index (κ2) is 12.2. The van der Waals surface area contributed by atoms with Crippen LogP contribution in [0.3, 0.4) is 0 Å². The molecule has 2 saturated heterocycles. The second-order valence-corrected chi connectivity index (χ2v) is 12.2. The van der Waals surface area contributed by atoms with Gasteiger partial charge in [-0.05, 0) is 32.2 Å². The fourth-order valence-corrected chi connectivity index (χ4v) is 6.15. The lowest BCUT2D eigenvalue weighted by Crippen LogP contribution is -2.59. The molecule has 3 aliphatic rings. The molecule has 0 radical (unpaired) electrons. The van der Waals surface area contributed by atoms with Crippen molar-refractivity contribution in [1.29, 1.82) is 0 Å². The molecular weight excluding hydrogens is 434 g/mol. The summed E-state index contributed by atoms with van der Waals surface area (Å²) in [5, 5.41) is 1.12. The van der Waals surface area contributed by atoms with Crippen molar-refractivity contribution in [1.82, 2.24) is 9.80 Å². The Bertz CT molecular complexity index is 686. The molecule has 33 heavy (non-hydrogen) atoms. The van der Waals surface area contributed by atoms with Gasteiger partial charge in [0, 0.05) is 43.3 Å². The number of ether oxygens (including phenoxy) is 1. The first-order chi connectivity index (χ1) is 15.7. The average Bonchev–Trinajstić information content (AvgIpc) is 3.30. The Balaban J connectivity index is 1.34. The number of hydrogen-bond donors (Lipinski definition) is 0. The molecule has 1 spiro atoms. The number of rotatable bonds is 11. The van der Waals surface area contributed by atoms with Gasteiger partial charge in [0.15, 0.2) is 0 Å². The SMILES string of the molecule is CC(C)C1=NC(C(=O)N2CCOC3(CCN(CCCCCCCC(C)(C)C=O)CC3)C2)CS1. The number of carbonyl (C=O) groups is 2. The van der Waals surface area contributed by atoms with E-state index in [1.807, 2.05) is 18.7 Å². The average molecular weight is 480 g/mol. The highest BCUT2D eigenvalue weighted by atomic mass is 32.2. The second-order valence-electron chi connectivity index (χ2n) is 11.2. The van der Waals surface area contributed by atoms with Gasteiger partial charge in [0.1, 0.15) is 12.3 Å². The highest BCUT2D eigenvalue weighted by Crippen LogP contribution is 2.32. The maximum absolute atomic E-state index is 13.1. The molecular formula is C26H45N3O3S. The van der Waals surface area contributed by atoms with Gasteiger partial charge in [-0.1, -0.05) is 53.4 Å². The van der Waals surface area contributed by atoms with Crippen molar-refractivity contribution in [3.63, 3.8) is 0 Å². The van der Waals surface area contributed by atoms with Gasteiger partial charge in [-0.3, -0.25) is 9.79 Å². The summed E-state index contributed by atoms with van der Waals surface area (Å²) in [6.45, 7) is 13.7. The van der Waals surface area contributed by atoms with Gasteiger partial charge in [0.05, 0.1) is 17.3 Å². The summed E-state index contributed by atoms with van der Waals surface area (Å²) < 4.78 is 6.28. The Morgan fingerprint density at radius 3 is 2.55 bits per heavy atom. The van der Waals surface area contributed by atoms with Crippen molar-refractivity contribution in [2.24, 2.45) is 16.3 Å². The number of aldehydes is 1. The van der Waals surface area contributed by atoms with Crippen LogP contribution in [0.1, 0.15) is 79.1 Å². The van der Waals surface area contributed by atoms with Gasteiger partial charge >= 0.3 is 0 Å². The number of thioether (sulfide) groups is 1. The summed E-state index contributed by atoms with van der Waals surface area (Å²) in [7, 11) is 0. The van der Waals surface area contributed by atoms with Crippen LogP contribution in [0.4, 0.5) is 0 Å². The Kier molecular flexibility index (Phi) is 9.84. The van der Waals surface area contributed by atoms with E-state index in [1.165, 1.54) is 25.7 Å². The zero-order valence-corrected chi connectivity index (χ0v) is 22.1. The first-order valence-electron chi connectivity index (χ1n) is 13.1. The minimum atomic E-state index is -0.202. The van der Waals surface area contributed by atoms with Gasteiger partial charge in [-0.15, -0.1) is 11.8 Å². The van der Waals surface area contributed by atoms with Gasteiger partial charge in [0.2, 0.25) is 5.91 Å². The Morgan fingerprint density at radius 1 is 1.18 bits per heavy atom. The first-order valence-corrected chi connectivity index (χ1v) is 14.0. The van der Waals surface area contributed by atoms with Gasteiger partial charge in [-0.25, -0.2) is 0 Å². The molecule has 0 bridgehead atoms. The van der Waals surface area contributed by atoms with Crippen LogP contribution in [0.5, 0.6) is 0 Å². The number of unbranched alkanes of at least 4 members (excludes halogenated alkanes) is 4. The summed E-state index contributed by atoms with van der Waals surface area (Å²) >= 11 is 1.74. The first kappa shape index (κ1) is 26.7. The fourth-order valence-electron chi connectivity index (χ4n) is 5.07. The van der Waals surface area contributed by atoms with Crippen LogP contribution in [0.25, 0.3) is 0 Å². The van der Waals surface area contributed by atoms with Gasteiger partial charge in [-0.2, -0.15) is 0 Å². The number of nitrogens with zero attached hydrogens (tertiary/aromatic N) is 3. The number of likely N-dealkylation sites (tertiary alicyclic amines) is 1. The third-order valence-electron chi connectivity index (χ3n) is 7.39. The predicted octanol–water partition coefficient (Wildman–Crippen LogP) is 4.42. The van der Waals surface area contributed by atoms with Crippen molar-refractivity contribution in [3.8, 4) is 0 Å². The van der Waals surface area contributed by atoms with Crippen molar-refractivity contribution < 1.29 is 14.3 Å². The van der Waals surface area contributed by atoms with Crippen molar-refractivity contribution in [3.05, 3.63) is 0 Å². The van der Waals surface area contributed by atoms with E-state index in [1.54, 1.807) is 11.8 Å². The fraction of sp³-hybridized carbons (Fsp3) is 0.885. The third-order valence-corrected chi connectivity index (χ3v) is 8.75. The molecule has 3 rings (SSSR count). The Morgan fingerprint density at radius 2 is 1.88 bits per heavy atom. The topological polar surface area (TPSA) is 62.2 Å². The maximum Gasteiger partial charge on any atom is 0.248 e. The molecule has 7 heteroatoms. The van der Waals surface area contributed by atoms with Crippen LogP contribution >= 0.6 is 11.8 Å². The monoisotopic (exact) mass is 479 g/mol. The van der Waals surface area contributed by atoms with Crippen molar-refractivity contribution in [2.75, 3.05) is 45.1 Å². The third kappa shape index (κ3) is 7.79. The van der Waals surface area contributed by atoms with E-state index < -0.39 is 0 Å². The highest BCUT2D eigenvalue weighted by molar-refractivity contribution is 8.14. The number of aliphatic imine (C=N–C) groups is 1. The van der Waals surface area contributed by atoms with Crippen LogP contribution in [-0.2, 0) is 14.3 Å². The number of piperidine rings is 1. The van der Waals surface area contributed by atoms with Crippen molar-refractivity contribution in [2.45, 2.75) is 90.7 Å². The van der Waals surface area contributed by atoms with E-state index in [4.69, 9.17) is 9.73 Å². The number of amides is 1. The normalized spacial score (nSPS) is 23.8. The summed E-state index contributed by atoms with van der Waals surface area (Å²) in [5.74, 6) is 1.39. The van der Waals surface area contributed by atoms with Crippen LogP contribution in [0.15, 0.2) is 4.99 Å². The van der Waals surface area contributed by atoms with E-state index in [0.29, 0.717) is 19.1 Å². The predicted molar refractivity (Wildman–Crippen MR) is 137 cm³/mol. The maximum atomic E-state index is 13.1. The summed E-state index contributed by atoms with van der Waals surface area (Å²) in [5.41, 5.74) is -0.322. The summed E-state index contributed by atoms with van der Waals surface area (Å²) in [6.07, 6.45) is 10.2. The zero-order chi connectivity index (χ0) is 23.9. The molecule has 1 amide bonds. The van der Waals surface area contributed by atoms with E-state index >= 15 is 0 Å². The Labute approximate surface area is 205 Å². The van der Waals surface area contributed by atoms with Gasteiger partial charge in [0.25, 0.3) is 0 Å². The summed E-state index contributed by atoms with van der Waals surface area (Å²) in [6, 6.07) is -0.202. The minimum Gasteiger partial charge on any atom is -0.371 e. The molecule has 0 saturated carbocycles. The van der Waals surface area contributed by atoms with Crippen LogP contribution in [0.2, 0.25) is 0 Å². The van der Waals surface area contributed by atoms with E-state index in [9.17, 15) is 9.59 Å². The molecule has 6 nitrogen and oxygen atoms in total. The molecule has 0 aromatic carbocycles. The molecule has 2 fully saturated rings. The van der Waals surface area contributed by atoms with E-state index in [0.717, 1.165) is 68.9 Å². The minimum absolute atomic E-state index is 0.161.